The van der Waals surface area contributed by atoms with Crippen LogP contribution in [0.25, 0.3) is 0 Å². The third-order valence-electron chi connectivity index (χ3n) is 5.29. The molecule has 0 aromatic heterocycles. The topological polar surface area (TPSA) is 51.2 Å². The number of hydrogen-bond acceptors (Lipinski definition) is 3. The van der Waals surface area contributed by atoms with Crippen molar-refractivity contribution in [2.45, 2.75) is 56.6 Å². The van der Waals surface area contributed by atoms with Crippen LogP contribution in [-0.4, -0.2) is 25.2 Å². The van der Waals surface area contributed by atoms with Crippen molar-refractivity contribution in [3.8, 4) is 0 Å². The Hall–Kier alpha value is -0.380. The first kappa shape index (κ1) is 12.6. The van der Waals surface area contributed by atoms with Gasteiger partial charge >= 0.3 is 0 Å². The van der Waals surface area contributed by atoms with E-state index in [-0.39, 0.29) is 11.5 Å². The number of rotatable bonds is 3. The summed E-state index contributed by atoms with van der Waals surface area (Å²) < 4.78 is 23.9. The van der Waals surface area contributed by atoms with Gasteiger partial charge in [-0.15, -0.1) is 0 Å². The van der Waals surface area contributed by atoms with Crippen LogP contribution in [0.15, 0.2) is 0 Å². The molecule has 3 fully saturated rings. The van der Waals surface area contributed by atoms with Crippen LogP contribution in [0, 0.1) is 17.8 Å². The maximum Gasteiger partial charge on any atom is 0.160 e. The number of Topliss-reactive ketones (excluding diaryl/α,β-unsaturated/α-hetero) is 1. The Morgan fingerprint density at radius 2 is 1.89 bits per heavy atom. The molecule has 3 rings (SSSR count). The molecule has 0 spiro atoms. The predicted octanol–water partition coefficient (Wildman–Crippen LogP) is 2.35. The number of fused-ring (bicyclic) bond motifs is 2. The Labute approximate surface area is 109 Å². The summed E-state index contributed by atoms with van der Waals surface area (Å²) >= 11 is 0. The second-order valence-corrected chi connectivity index (χ2v) is 8.76. The minimum absolute atomic E-state index is 0.0206. The normalized spacial score (nSPS) is 42.0. The Bertz CT molecular complexity index is 440. The summed E-state index contributed by atoms with van der Waals surface area (Å²) in [5, 5.41) is -0.662. The zero-order valence-corrected chi connectivity index (χ0v) is 11.6. The highest BCUT2D eigenvalue weighted by molar-refractivity contribution is 7.92. The standard InChI is InChI=1S/C14H22O3S/c15-13(14-3-1-2-6-18(14,16)17)9-12-8-10-4-5-11(12)7-10/h10-12,14H,1-9H2. The van der Waals surface area contributed by atoms with Gasteiger partial charge in [0.1, 0.15) is 5.25 Å². The van der Waals surface area contributed by atoms with Crippen molar-refractivity contribution in [3.05, 3.63) is 0 Å². The SMILES string of the molecule is O=C(CC1CC2CCC1C2)C1CCCCS1(=O)=O. The monoisotopic (exact) mass is 270 g/mol. The lowest BCUT2D eigenvalue weighted by Crippen LogP contribution is -2.36. The largest absolute Gasteiger partial charge is 0.298 e. The van der Waals surface area contributed by atoms with Crippen molar-refractivity contribution in [1.29, 1.82) is 0 Å². The van der Waals surface area contributed by atoms with E-state index >= 15 is 0 Å². The van der Waals surface area contributed by atoms with Crippen molar-refractivity contribution >= 4 is 15.6 Å². The lowest BCUT2D eigenvalue weighted by Gasteiger charge is -2.25. The minimum Gasteiger partial charge on any atom is -0.298 e. The highest BCUT2D eigenvalue weighted by Gasteiger charge is 2.42. The summed E-state index contributed by atoms with van der Waals surface area (Å²) in [6.07, 6.45) is 7.79. The first-order valence-corrected chi connectivity index (χ1v) is 9.02. The van der Waals surface area contributed by atoms with Crippen molar-refractivity contribution in [2.75, 3.05) is 5.75 Å². The van der Waals surface area contributed by atoms with E-state index in [2.05, 4.69) is 0 Å². The molecule has 2 aliphatic carbocycles. The number of carbonyl (C=O) groups excluding carboxylic acids is 1. The predicted molar refractivity (Wildman–Crippen MR) is 70.0 cm³/mol. The van der Waals surface area contributed by atoms with Gasteiger partial charge in [-0.05, 0) is 49.9 Å². The molecule has 3 nitrogen and oxygen atoms in total. The lowest BCUT2D eigenvalue weighted by atomic mass is 9.84. The first-order chi connectivity index (χ1) is 8.56. The van der Waals surface area contributed by atoms with E-state index in [0.29, 0.717) is 24.7 Å². The Kier molecular flexibility index (Phi) is 3.25. The zero-order valence-electron chi connectivity index (χ0n) is 10.8. The maximum atomic E-state index is 12.3. The Morgan fingerprint density at radius 1 is 1.06 bits per heavy atom. The van der Waals surface area contributed by atoms with Crippen LogP contribution in [0.2, 0.25) is 0 Å². The molecular weight excluding hydrogens is 248 g/mol. The van der Waals surface area contributed by atoms with Crippen LogP contribution in [0.4, 0.5) is 0 Å². The van der Waals surface area contributed by atoms with Crippen molar-refractivity contribution in [3.63, 3.8) is 0 Å². The molecule has 0 amide bonds. The van der Waals surface area contributed by atoms with E-state index in [1.165, 1.54) is 25.7 Å². The van der Waals surface area contributed by atoms with Gasteiger partial charge in [-0.3, -0.25) is 4.79 Å². The molecule has 1 aliphatic heterocycles. The van der Waals surface area contributed by atoms with Gasteiger partial charge in [0, 0.05) is 6.42 Å². The molecule has 0 N–H and O–H groups in total. The van der Waals surface area contributed by atoms with Gasteiger partial charge < -0.3 is 0 Å². The number of ketones is 1. The number of sulfone groups is 1. The number of hydrogen-bond donors (Lipinski definition) is 0. The molecule has 0 aromatic carbocycles. The fraction of sp³-hybridized carbons (Fsp3) is 0.929. The summed E-state index contributed by atoms with van der Waals surface area (Å²) in [4.78, 5) is 12.3. The van der Waals surface area contributed by atoms with E-state index in [9.17, 15) is 13.2 Å². The highest BCUT2D eigenvalue weighted by Crippen LogP contribution is 2.49. The summed E-state index contributed by atoms with van der Waals surface area (Å²) in [6.45, 7) is 0. The summed E-state index contributed by atoms with van der Waals surface area (Å²) in [5.41, 5.74) is 0. The average Bonchev–Trinajstić information content (AvgIpc) is 2.90. The summed E-state index contributed by atoms with van der Waals surface area (Å²) in [7, 11) is -3.13. The fourth-order valence-corrected chi connectivity index (χ4v) is 6.25. The fourth-order valence-electron chi connectivity index (χ4n) is 4.33. The third kappa shape index (κ3) is 2.24. The molecule has 1 saturated heterocycles. The van der Waals surface area contributed by atoms with Gasteiger partial charge in [-0.2, -0.15) is 0 Å². The molecule has 4 unspecified atom stereocenters. The second-order valence-electron chi connectivity index (χ2n) is 6.46. The molecule has 2 bridgehead atoms. The molecule has 2 saturated carbocycles. The van der Waals surface area contributed by atoms with E-state index in [4.69, 9.17) is 0 Å². The van der Waals surface area contributed by atoms with Gasteiger partial charge in [-0.25, -0.2) is 8.42 Å². The zero-order chi connectivity index (χ0) is 12.8. The Balaban J connectivity index is 1.64. The third-order valence-corrected chi connectivity index (χ3v) is 7.51. The van der Waals surface area contributed by atoms with Gasteiger partial charge in [-0.1, -0.05) is 12.8 Å². The Morgan fingerprint density at radius 3 is 2.50 bits per heavy atom. The van der Waals surface area contributed by atoms with Crippen LogP contribution in [0.1, 0.15) is 51.4 Å². The molecule has 18 heavy (non-hydrogen) atoms. The van der Waals surface area contributed by atoms with Crippen LogP contribution >= 0.6 is 0 Å². The van der Waals surface area contributed by atoms with E-state index < -0.39 is 15.1 Å². The number of carbonyl (C=O) groups is 1. The maximum absolute atomic E-state index is 12.3. The van der Waals surface area contributed by atoms with Crippen LogP contribution in [0.5, 0.6) is 0 Å². The lowest BCUT2D eigenvalue weighted by molar-refractivity contribution is -0.120. The molecule has 0 radical (unpaired) electrons. The molecule has 4 heteroatoms. The first-order valence-electron chi connectivity index (χ1n) is 7.30. The molecule has 4 atom stereocenters. The van der Waals surface area contributed by atoms with Crippen molar-refractivity contribution < 1.29 is 13.2 Å². The molecular formula is C14H22O3S. The molecule has 102 valence electrons. The molecule has 3 aliphatic rings. The minimum atomic E-state index is -3.13. The second kappa shape index (κ2) is 4.62. The van der Waals surface area contributed by atoms with Crippen LogP contribution < -0.4 is 0 Å². The van der Waals surface area contributed by atoms with Crippen molar-refractivity contribution in [1.82, 2.24) is 0 Å². The molecule has 0 aromatic rings. The summed E-state index contributed by atoms with van der Waals surface area (Å²) in [6, 6.07) is 0. The van der Waals surface area contributed by atoms with E-state index in [1.54, 1.807) is 0 Å². The average molecular weight is 270 g/mol. The van der Waals surface area contributed by atoms with E-state index in [0.717, 1.165) is 18.8 Å². The highest BCUT2D eigenvalue weighted by atomic mass is 32.2. The van der Waals surface area contributed by atoms with Gasteiger partial charge in [0.2, 0.25) is 0 Å². The van der Waals surface area contributed by atoms with Gasteiger partial charge in [0.25, 0.3) is 0 Å². The summed E-state index contributed by atoms with van der Waals surface area (Å²) in [5.74, 6) is 2.28. The van der Waals surface area contributed by atoms with Crippen molar-refractivity contribution in [2.24, 2.45) is 17.8 Å². The molecule has 1 heterocycles. The van der Waals surface area contributed by atoms with Gasteiger partial charge in [0.15, 0.2) is 15.6 Å². The van der Waals surface area contributed by atoms with E-state index in [1.807, 2.05) is 0 Å². The van der Waals surface area contributed by atoms with Gasteiger partial charge in [0.05, 0.1) is 5.75 Å². The quantitative estimate of drug-likeness (QED) is 0.791. The smallest absolute Gasteiger partial charge is 0.160 e. The van der Waals surface area contributed by atoms with Crippen LogP contribution in [0.3, 0.4) is 0 Å². The van der Waals surface area contributed by atoms with Crippen LogP contribution in [-0.2, 0) is 14.6 Å².